The van der Waals surface area contributed by atoms with Crippen LogP contribution in [0.15, 0.2) is 22.2 Å². The number of aryl methyl sites for hydroxylation is 2. The van der Waals surface area contributed by atoms with E-state index in [1.807, 2.05) is 0 Å². The second-order valence-corrected chi connectivity index (χ2v) is 5.28. The van der Waals surface area contributed by atoms with Gasteiger partial charge in [0.15, 0.2) is 0 Å². The quantitative estimate of drug-likeness (QED) is 0.829. The lowest BCUT2D eigenvalue weighted by Gasteiger charge is -2.11. The van der Waals surface area contributed by atoms with Crippen molar-refractivity contribution in [3.05, 3.63) is 43.8 Å². The first-order chi connectivity index (χ1) is 6.70. The van der Waals surface area contributed by atoms with Crippen LogP contribution in [0.1, 0.15) is 27.6 Å². The molecule has 0 saturated carbocycles. The molecule has 74 valence electrons. The van der Waals surface area contributed by atoms with Gasteiger partial charge in [0.05, 0.1) is 6.04 Å². The topological polar surface area (TPSA) is 26.0 Å². The van der Waals surface area contributed by atoms with Crippen LogP contribution < -0.4 is 5.73 Å². The molecular weight excluding hydrogens is 210 g/mol. The van der Waals surface area contributed by atoms with Crippen molar-refractivity contribution in [1.82, 2.24) is 0 Å². The molecule has 0 aliphatic heterocycles. The van der Waals surface area contributed by atoms with Gasteiger partial charge in [-0.05, 0) is 52.7 Å². The molecule has 0 radical (unpaired) electrons. The smallest absolute Gasteiger partial charge is 0.0573 e. The molecule has 0 aliphatic rings. The molecule has 0 fully saturated rings. The first kappa shape index (κ1) is 9.90. The number of thiophene rings is 2. The molecule has 3 heteroatoms. The molecule has 2 aromatic rings. The maximum atomic E-state index is 6.22. The van der Waals surface area contributed by atoms with Crippen LogP contribution in [-0.4, -0.2) is 0 Å². The third-order valence-corrected chi connectivity index (χ3v) is 4.21. The predicted octanol–water partition coefficient (Wildman–Crippen LogP) is 3.47. The van der Waals surface area contributed by atoms with Gasteiger partial charge in [0.1, 0.15) is 0 Å². The van der Waals surface area contributed by atoms with E-state index in [2.05, 4.69) is 36.1 Å². The van der Waals surface area contributed by atoms with Gasteiger partial charge in [-0.2, -0.15) is 11.3 Å². The fourth-order valence-electron chi connectivity index (χ4n) is 1.57. The number of nitrogens with two attached hydrogens (primary N) is 1. The van der Waals surface area contributed by atoms with E-state index >= 15 is 0 Å². The van der Waals surface area contributed by atoms with Crippen LogP contribution in [0.25, 0.3) is 0 Å². The molecule has 2 aromatic heterocycles. The molecule has 0 bridgehead atoms. The van der Waals surface area contributed by atoms with Crippen LogP contribution in [-0.2, 0) is 0 Å². The SMILES string of the molecule is Cc1cscc1C(N)c1ccsc1C. The van der Waals surface area contributed by atoms with Crippen molar-refractivity contribution in [2.75, 3.05) is 0 Å². The van der Waals surface area contributed by atoms with Crippen molar-refractivity contribution in [3.8, 4) is 0 Å². The average Bonchev–Trinajstić information content (AvgIpc) is 2.73. The lowest BCUT2D eigenvalue weighted by atomic mass is 10.0. The number of hydrogen-bond donors (Lipinski definition) is 1. The second-order valence-electron chi connectivity index (χ2n) is 3.42. The molecule has 14 heavy (non-hydrogen) atoms. The van der Waals surface area contributed by atoms with Gasteiger partial charge in [-0.25, -0.2) is 0 Å². The second kappa shape index (κ2) is 3.85. The molecule has 1 nitrogen and oxygen atoms in total. The summed E-state index contributed by atoms with van der Waals surface area (Å²) in [4.78, 5) is 1.32. The summed E-state index contributed by atoms with van der Waals surface area (Å²) in [5.41, 5.74) is 10.0. The largest absolute Gasteiger partial charge is 0.320 e. The molecule has 2 rings (SSSR count). The summed E-state index contributed by atoms with van der Waals surface area (Å²) < 4.78 is 0. The highest BCUT2D eigenvalue weighted by Gasteiger charge is 2.14. The van der Waals surface area contributed by atoms with Gasteiger partial charge >= 0.3 is 0 Å². The van der Waals surface area contributed by atoms with Crippen LogP contribution in [0.4, 0.5) is 0 Å². The molecule has 1 unspecified atom stereocenters. The van der Waals surface area contributed by atoms with Gasteiger partial charge in [-0.15, -0.1) is 11.3 Å². The highest BCUT2D eigenvalue weighted by Crippen LogP contribution is 2.29. The summed E-state index contributed by atoms with van der Waals surface area (Å²) in [6.45, 7) is 4.24. The van der Waals surface area contributed by atoms with E-state index in [0.717, 1.165) is 0 Å². The van der Waals surface area contributed by atoms with Crippen molar-refractivity contribution >= 4 is 22.7 Å². The number of hydrogen-bond acceptors (Lipinski definition) is 3. The molecule has 0 saturated heterocycles. The Balaban J connectivity index is 2.38. The van der Waals surface area contributed by atoms with E-state index in [-0.39, 0.29) is 6.04 Å². The Hall–Kier alpha value is -0.640. The Kier molecular flexibility index (Phi) is 2.72. The molecule has 0 amide bonds. The Labute approximate surface area is 92.2 Å². The Bertz CT molecular complexity index is 388. The summed E-state index contributed by atoms with van der Waals surface area (Å²) in [7, 11) is 0. The molecular formula is C11H13NS2. The van der Waals surface area contributed by atoms with Crippen LogP contribution in [0.5, 0.6) is 0 Å². The van der Waals surface area contributed by atoms with Gasteiger partial charge in [0.2, 0.25) is 0 Å². The molecule has 0 aromatic carbocycles. The van der Waals surface area contributed by atoms with E-state index in [1.165, 1.54) is 21.6 Å². The van der Waals surface area contributed by atoms with Gasteiger partial charge in [0.25, 0.3) is 0 Å². The minimum atomic E-state index is 0.0486. The van der Waals surface area contributed by atoms with E-state index < -0.39 is 0 Å². The predicted molar refractivity (Wildman–Crippen MR) is 64.1 cm³/mol. The van der Waals surface area contributed by atoms with Gasteiger partial charge in [-0.1, -0.05) is 0 Å². The summed E-state index contributed by atoms with van der Waals surface area (Å²) in [5, 5.41) is 6.40. The monoisotopic (exact) mass is 223 g/mol. The van der Waals surface area contributed by atoms with Crippen LogP contribution in [0.3, 0.4) is 0 Å². The lowest BCUT2D eigenvalue weighted by molar-refractivity contribution is 0.866. The first-order valence-electron chi connectivity index (χ1n) is 4.52. The summed E-state index contributed by atoms with van der Waals surface area (Å²) in [6.07, 6.45) is 0. The van der Waals surface area contributed by atoms with E-state index in [4.69, 9.17) is 5.73 Å². The Morgan fingerprint density at radius 3 is 2.50 bits per heavy atom. The molecule has 2 N–H and O–H groups in total. The van der Waals surface area contributed by atoms with Crippen LogP contribution in [0.2, 0.25) is 0 Å². The van der Waals surface area contributed by atoms with Crippen molar-refractivity contribution in [2.24, 2.45) is 5.73 Å². The standard InChI is InChI=1S/C11H13NS2/c1-7-5-13-6-10(7)11(12)9-3-4-14-8(9)2/h3-6,11H,12H2,1-2H3. The summed E-state index contributed by atoms with van der Waals surface area (Å²) >= 11 is 3.48. The van der Waals surface area contributed by atoms with Gasteiger partial charge < -0.3 is 5.73 Å². The zero-order valence-corrected chi connectivity index (χ0v) is 9.91. The van der Waals surface area contributed by atoms with E-state index in [1.54, 1.807) is 22.7 Å². The maximum Gasteiger partial charge on any atom is 0.0573 e. The normalized spacial score (nSPS) is 13.1. The molecule has 1 atom stereocenters. The molecule has 0 spiro atoms. The van der Waals surface area contributed by atoms with Gasteiger partial charge in [0, 0.05) is 4.88 Å². The highest BCUT2D eigenvalue weighted by atomic mass is 32.1. The maximum absolute atomic E-state index is 6.22. The van der Waals surface area contributed by atoms with E-state index in [9.17, 15) is 0 Å². The highest BCUT2D eigenvalue weighted by molar-refractivity contribution is 7.10. The third kappa shape index (κ3) is 1.63. The Morgan fingerprint density at radius 2 is 2.00 bits per heavy atom. The zero-order valence-electron chi connectivity index (χ0n) is 8.28. The lowest BCUT2D eigenvalue weighted by Crippen LogP contribution is -2.11. The minimum Gasteiger partial charge on any atom is -0.320 e. The fraction of sp³-hybridized carbons (Fsp3) is 0.273. The van der Waals surface area contributed by atoms with Crippen molar-refractivity contribution in [1.29, 1.82) is 0 Å². The van der Waals surface area contributed by atoms with Gasteiger partial charge in [-0.3, -0.25) is 0 Å². The fourth-order valence-corrected chi connectivity index (χ4v) is 3.21. The first-order valence-corrected chi connectivity index (χ1v) is 6.34. The molecule has 2 heterocycles. The minimum absolute atomic E-state index is 0.0486. The molecule has 0 aliphatic carbocycles. The van der Waals surface area contributed by atoms with Crippen molar-refractivity contribution in [3.63, 3.8) is 0 Å². The summed E-state index contributed by atoms with van der Waals surface area (Å²) in [6, 6.07) is 2.18. The average molecular weight is 223 g/mol. The zero-order chi connectivity index (χ0) is 10.1. The van der Waals surface area contributed by atoms with Crippen molar-refractivity contribution in [2.45, 2.75) is 19.9 Å². The van der Waals surface area contributed by atoms with Crippen molar-refractivity contribution < 1.29 is 0 Å². The number of rotatable bonds is 2. The van der Waals surface area contributed by atoms with Crippen LogP contribution >= 0.6 is 22.7 Å². The van der Waals surface area contributed by atoms with Crippen LogP contribution in [0, 0.1) is 13.8 Å². The third-order valence-electron chi connectivity index (χ3n) is 2.46. The van der Waals surface area contributed by atoms with E-state index in [0.29, 0.717) is 0 Å². The Morgan fingerprint density at radius 1 is 1.21 bits per heavy atom. The summed E-state index contributed by atoms with van der Waals surface area (Å²) in [5.74, 6) is 0.